The van der Waals surface area contributed by atoms with Crippen LogP contribution in [0.25, 0.3) is 10.8 Å². The predicted molar refractivity (Wildman–Crippen MR) is 136 cm³/mol. The Morgan fingerprint density at radius 1 is 0.857 bits per heavy atom. The number of amides is 2. The van der Waals surface area contributed by atoms with Gasteiger partial charge in [0.1, 0.15) is 11.5 Å². The van der Waals surface area contributed by atoms with Crippen LogP contribution in [0.1, 0.15) is 47.6 Å². The molecule has 35 heavy (non-hydrogen) atoms. The second-order valence-electron chi connectivity index (χ2n) is 9.39. The Morgan fingerprint density at radius 3 is 2.40 bits per heavy atom. The van der Waals surface area contributed by atoms with Gasteiger partial charge < -0.3 is 19.3 Å². The molecule has 3 aromatic rings. The first kappa shape index (κ1) is 23.2. The van der Waals surface area contributed by atoms with Crippen molar-refractivity contribution in [3.05, 3.63) is 71.8 Å². The molecule has 0 saturated carbocycles. The quantitative estimate of drug-likeness (QED) is 0.520. The van der Waals surface area contributed by atoms with Crippen LogP contribution < -0.4 is 9.47 Å². The van der Waals surface area contributed by atoms with E-state index in [1.807, 2.05) is 70.5 Å². The number of nitrogens with zero attached hydrogens (tertiary/aromatic N) is 2. The van der Waals surface area contributed by atoms with Crippen molar-refractivity contribution in [2.24, 2.45) is 5.92 Å². The summed E-state index contributed by atoms with van der Waals surface area (Å²) in [7, 11) is 3.29. The summed E-state index contributed by atoms with van der Waals surface area (Å²) in [6.45, 7) is 1.96. The lowest BCUT2D eigenvalue weighted by molar-refractivity contribution is -0.137. The fourth-order valence-corrected chi connectivity index (χ4v) is 5.59. The largest absolute Gasteiger partial charge is 0.497 e. The van der Waals surface area contributed by atoms with Gasteiger partial charge in [-0.15, -0.1) is 0 Å². The second-order valence-corrected chi connectivity index (χ2v) is 9.39. The smallest absolute Gasteiger partial charge is 0.254 e. The molecule has 2 fully saturated rings. The third-order valence-electron chi connectivity index (χ3n) is 7.49. The van der Waals surface area contributed by atoms with Crippen LogP contribution in [-0.4, -0.2) is 55.5 Å². The fourth-order valence-electron chi connectivity index (χ4n) is 5.59. The molecule has 2 aliphatic rings. The SMILES string of the molecule is COc1ccc(C2CCCN2C(=O)C2CCN(C(=O)c3cccc4ccccc34)CC2)c(OC)c1. The first-order valence-corrected chi connectivity index (χ1v) is 12.4. The van der Waals surface area contributed by atoms with E-state index in [1.54, 1.807) is 14.2 Å². The number of likely N-dealkylation sites (tertiary alicyclic amines) is 2. The minimum atomic E-state index is -0.0589. The summed E-state index contributed by atoms with van der Waals surface area (Å²) in [5, 5.41) is 2.05. The number of piperidine rings is 1. The minimum absolute atomic E-state index is 0.0127. The zero-order valence-electron chi connectivity index (χ0n) is 20.4. The number of carbonyl (C=O) groups excluding carboxylic acids is 2. The van der Waals surface area contributed by atoms with Crippen LogP contribution >= 0.6 is 0 Å². The third kappa shape index (κ3) is 4.45. The van der Waals surface area contributed by atoms with Gasteiger partial charge in [0, 0.05) is 42.7 Å². The highest BCUT2D eigenvalue weighted by Gasteiger charge is 2.37. The lowest BCUT2D eigenvalue weighted by Crippen LogP contribution is -2.44. The number of carbonyl (C=O) groups is 2. The van der Waals surface area contributed by atoms with Gasteiger partial charge in [-0.25, -0.2) is 0 Å². The monoisotopic (exact) mass is 472 g/mol. The Labute approximate surface area is 206 Å². The number of fused-ring (bicyclic) bond motifs is 1. The molecule has 1 unspecified atom stereocenters. The standard InChI is InChI=1S/C29H32N2O4/c1-34-22-12-13-25(27(19-22)35-2)26-11-6-16-31(26)28(32)21-14-17-30(18-15-21)29(33)24-10-5-8-20-7-3-4-9-23(20)24/h3-5,7-10,12-13,19,21,26H,6,11,14-18H2,1-2H3. The van der Waals surface area contributed by atoms with Crippen LogP contribution in [-0.2, 0) is 4.79 Å². The van der Waals surface area contributed by atoms with Crippen LogP contribution in [0.3, 0.4) is 0 Å². The van der Waals surface area contributed by atoms with Gasteiger partial charge in [-0.3, -0.25) is 9.59 Å². The van der Waals surface area contributed by atoms with Gasteiger partial charge in [-0.1, -0.05) is 36.4 Å². The molecule has 0 bridgehead atoms. The molecule has 6 heteroatoms. The fraction of sp³-hybridized carbons (Fsp3) is 0.379. The molecule has 0 N–H and O–H groups in total. The van der Waals surface area contributed by atoms with E-state index in [0.29, 0.717) is 25.9 Å². The molecule has 3 aromatic carbocycles. The lowest BCUT2D eigenvalue weighted by Gasteiger charge is -2.35. The number of methoxy groups -OCH3 is 2. The Kier molecular flexibility index (Phi) is 6.62. The second kappa shape index (κ2) is 9.98. The average molecular weight is 473 g/mol. The lowest BCUT2D eigenvalue weighted by atomic mass is 9.93. The summed E-state index contributed by atoms with van der Waals surface area (Å²) in [5.41, 5.74) is 1.77. The highest BCUT2D eigenvalue weighted by molar-refractivity contribution is 6.07. The molecule has 1 atom stereocenters. The van der Waals surface area contributed by atoms with Gasteiger partial charge in [0.25, 0.3) is 5.91 Å². The van der Waals surface area contributed by atoms with E-state index < -0.39 is 0 Å². The highest BCUT2D eigenvalue weighted by Crippen LogP contribution is 2.40. The summed E-state index contributed by atoms with van der Waals surface area (Å²) in [6, 6.07) is 19.7. The Hall–Kier alpha value is -3.54. The first-order valence-electron chi connectivity index (χ1n) is 12.4. The van der Waals surface area contributed by atoms with Crippen LogP contribution in [0.5, 0.6) is 11.5 Å². The maximum absolute atomic E-state index is 13.6. The highest BCUT2D eigenvalue weighted by atomic mass is 16.5. The number of rotatable bonds is 5. The zero-order chi connectivity index (χ0) is 24.4. The molecule has 5 rings (SSSR count). The van der Waals surface area contributed by atoms with Gasteiger partial charge in [0.05, 0.1) is 20.3 Å². The number of benzene rings is 3. The molecular weight excluding hydrogens is 440 g/mol. The topological polar surface area (TPSA) is 59.1 Å². The first-order chi connectivity index (χ1) is 17.1. The molecule has 2 heterocycles. The van der Waals surface area contributed by atoms with Gasteiger partial charge in [0.15, 0.2) is 0 Å². The summed E-state index contributed by atoms with van der Waals surface area (Å²) >= 11 is 0. The maximum atomic E-state index is 13.6. The molecule has 0 aliphatic carbocycles. The molecule has 0 aromatic heterocycles. The predicted octanol–water partition coefficient (Wildman–Crippen LogP) is 5.07. The van der Waals surface area contributed by atoms with E-state index in [1.165, 1.54) is 0 Å². The molecule has 2 amide bonds. The van der Waals surface area contributed by atoms with Gasteiger partial charge in [0.2, 0.25) is 5.91 Å². The molecule has 6 nitrogen and oxygen atoms in total. The van der Waals surface area contributed by atoms with Crippen LogP contribution in [0.4, 0.5) is 0 Å². The Morgan fingerprint density at radius 2 is 1.63 bits per heavy atom. The van der Waals surface area contributed by atoms with Crippen molar-refractivity contribution in [3.8, 4) is 11.5 Å². The maximum Gasteiger partial charge on any atom is 0.254 e. The normalized spacial score (nSPS) is 18.6. The molecule has 2 saturated heterocycles. The van der Waals surface area contributed by atoms with Crippen molar-refractivity contribution < 1.29 is 19.1 Å². The van der Waals surface area contributed by atoms with Gasteiger partial charge >= 0.3 is 0 Å². The van der Waals surface area contributed by atoms with Crippen LogP contribution in [0.2, 0.25) is 0 Å². The number of hydrogen-bond donors (Lipinski definition) is 0. The summed E-state index contributed by atoms with van der Waals surface area (Å²) in [6.07, 6.45) is 3.29. The zero-order valence-corrected chi connectivity index (χ0v) is 20.4. The molecule has 0 spiro atoms. The van der Waals surface area contributed by atoms with Crippen molar-refractivity contribution in [1.82, 2.24) is 9.80 Å². The molecule has 182 valence electrons. The van der Waals surface area contributed by atoms with Crippen molar-refractivity contribution in [2.45, 2.75) is 31.7 Å². The molecule has 2 aliphatic heterocycles. The Balaban J connectivity index is 1.27. The summed E-state index contributed by atoms with van der Waals surface area (Å²) < 4.78 is 11.0. The number of ether oxygens (including phenoxy) is 2. The average Bonchev–Trinajstić information content (AvgIpc) is 3.41. The number of hydrogen-bond acceptors (Lipinski definition) is 4. The van der Waals surface area contributed by atoms with Crippen molar-refractivity contribution in [2.75, 3.05) is 33.9 Å². The minimum Gasteiger partial charge on any atom is -0.497 e. The van der Waals surface area contributed by atoms with Gasteiger partial charge in [-0.2, -0.15) is 0 Å². The van der Waals surface area contributed by atoms with Crippen molar-refractivity contribution >= 4 is 22.6 Å². The van der Waals surface area contributed by atoms with E-state index >= 15 is 0 Å². The van der Waals surface area contributed by atoms with E-state index in [0.717, 1.165) is 52.8 Å². The van der Waals surface area contributed by atoms with Crippen LogP contribution in [0.15, 0.2) is 60.7 Å². The summed E-state index contributed by atoms with van der Waals surface area (Å²) in [4.78, 5) is 30.8. The van der Waals surface area contributed by atoms with Crippen LogP contribution in [0, 0.1) is 5.92 Å². The Bertz CT molecular complexity index is 1230. The summed E-state index contributed by atoms with van der Waals surface area (Å²) in [5.74, 6) is 1.68. The van der Waals surface area contributed by atoms with E-state index in [2.05, 4.69) is 0 Å². The van der Waals surface area contributed by atoms with Crippen molar-refractivity contribution in [1.29, 1.82) is 0 Å². The van der Waals surface area contributed by atoms with Gasteiger partial charge in [-0.05, 0) is 54.7 Å². The third-order valence-corrected chi connectivity index (χ3v) is 7.49. The van der Waals surface area contributed by atoms with E-state index in [4.69, 9.17) is 9.47 Å². The van der Waals surface area contributed by atoms with E-state index in [-0.39, 0.29) is 23.8 Å². The van der Waals surface area contributed by atoms with E-state index in [9.17, 15) is 9.59 Å². The molecule has 0 radical (unpaired) electrons. The molecular formula is C29H32N2O4. The van der Waals surface area contributed by atoms with Crippen molar-refractivity contribution in [3.63, 3.8) is 0 Å².